The van der Waals surface area contributed by atoms with Gasteiger partial charge in [0.05, 0.1) is 6.26 Å². The zero-order valence-electron chi connectivity index (χ0n) is 12.6. The van der Waals surface area contributed by atoms with Crippen LogP contribution in [0.15, 0.2) is 78.9 Å². The normalized spacial score (nSPS) is 11.2. The molecule has 4 heteroatoms. The summed E-state index contributed by atoms with van der Waals surface area (Å²) in [5, 5.41) is 0. The molecule has 0 aliphatic heterocycles. The summed E-state index contributed by atoms with van der Waals surface area (Å²) in [4.78, 5) is 0. The summed E-state index contributed by atoms with van der Waals surface area (Å²) in [5.41, 5.74) is 3.77. The molecule has 0 saturated carbocycles. The van der Waals surface area contributed by atoms with Gasteiger partial charge >= 0.3 is 10.1 Å². The van der Waals surface area contributed by atoms with E-state index in [4.69, 9.17) is 4.18 Å². The monoisotopic (exact) mass is 324 g/mol. The van der Waals surface area contributed by atoms with Crippen molar-refractivity contribution in [1.82, 2.24) is 0 Å². The fourth-order valence-corrected chi connectivity index (χ4v) is 2.98. The number of hydrogen-bond acceptors (Lipinski definition) is 3. The van der Waals surface area contributed by atoms with Gasteiger partial charge in [0.2, 0.25) is 0 Å². The van der Waals surface area contributed by atoms with E-state index in [1.165, 1.54) is 0 Å². The number of para-hydroxylation sites is 1. The van der Waals surface area contributed by atoms with Crippen LogP contribution in [0.25, 0.3) is 22.3 Å². The van der Waals surface area contributed by atoms with E-state index < -0.39 is 10.1 Å². The van der Waals surface area contributed by atoms with Gasteiger partial charge in [-0.15, -0.1) is 0 Å². The maximum Gasteiger partial charge on any atom is 0.306 e. The van der Waals surface area contributed by atoms with Crippen LogP contribution < -0.4 is 4.18 Å². The van der Waals surface area contributed by atoms with Crippen LogP contribution in [-0.2, 0) is 10.1 Å². The molecular formula is C19H16O3S. The highest BCUT2D eigenvalue weighted by Gasteiger charge is 2.14. The molecule has 0 amide bonds. The third kappa shape index (κ3) is 3.60. The van der Waals surface area contributed by atoms with Crippen LogP contribution in [-0.4, -0.2) is 14.7 Å². The fourth-order valence-electron chi connectivity index (χ4n) is 2.51. The minimum atomic E-state index is -3.59. The van der Waals surface area contributed by atoms with Crippen LogP contribution in [0.4, 0.5) is 0 Å². The van der Waals surface area contributed by atoms with Gasteiger partial charge in [0, 0.05) is 5.56 Å². The quantitative estimate of drug-likeness (QED) is 0.670. The summed E-state index contributed by atoms with van der Waals surface area (Å²) < 4.78 is 28.2. The molecule has 0 unspecified atom stereocenters. The number of rotatable bonds is 4. The van der Waals surface area contributed by atoms with Crippen molar-refractivity contribution < 1.29 is 12.6 Å². The van der Waals surface area contributed by atoms with E-state index in [2.05, 4.69) is 0 Å². The summed E-state index contributed by atoms with van der Waals surface area (Å²) in [5.74, 6) is 0.332. The van der Waals surface area contributed by atoms with Crippen molar-refractivity contribution in [2.24, 2.45) is 0 Å². The van der Waals surface area contributed by atoms with Crippen molar-refractivity contribution in [2.75, 3.05) is 6.26 Å². The number of hydrogen-bond donors (Lipinski definition) is 0. The molecule has 0 heterocycles. The molecule has 0 aromatic heterocycles. The lowest BCUT2D eigenvalue weighted by Gasteiger charge is -2.13. The second kappa shape index (κ2) is 6.26. The van der Waals surface area contributed by atoms with Gasteiger partial charge in [-0.25, -0.2) is 0 Å². The second-order valence-electron chi connectivity index (χ2n) is 5.20. The zero-order valence-corrected chi connectivity index (χ0v) is 13.5. The van der Waals surface area contributed by atoms with E-state index in [1.807, 2.05) is 66.7 Å². The molecule has 0 spiro atoms. The van der Waals surface area contributed by atoms with Crippen molar-refractivity contribution in [3.63, 3.8) is 0 Å². The minimum Gasteiger partial charge on any atom is -0.382 e. The van der Waals surface area contributed by atoms with Gasteiger partial charge in [-0.2, -0.15) is 8.42 Å². The van der Waals surface area contributed by atoms with Gasteiger partial charge in [-0.3, -0.25) is 0 Å². The summed E-state index contributed by atoms with van der Waals surface area (Å²) in [7, 11) is -3.59. The maximum absolute atomic E-state index is 11.5. The average Bonchev–Trinajstić information content (AvgIpc) is 2.55. The molecule has 0 aliphatic rings. The van der Waals surface area contributed by atoms with Crippen molar-refractivity contribution in [3.05, 3.63) is 78.9 Å². The van der Waals surface area contributed by atoms with Gasteiger partial charge in [0.1, 0.15) is 5.75 Å². The SMILES string of the molecule is CS(=O)(=O)Oc1ccccc1-c1ccccc1-c1ccccc1. The summed E-state index contributed by atoms with van der Waals surface area (Å²) in [6.07, 6.45) is 1.05. The van der Waals surface area contributed by atoms with Crippen molar-refractivity contribution >= 4 is 10.1 Å². The summed E-state index contributed by atoms with van der Waals surface area (Å²) in [6.45, 7) is 0. The molecule has 0 atom stereocenters. The molecule has 0 saturated heterocycles. The Morgan fingerprint density at radius 2 is 1.17 bits per heavy atom. The lowest BCUT2D eigenvalue weighted by molar-refractivity contribution is 0.494. The largest absolute Gasteiger partial charge is 0.382 e. The van der Waals surface area contributed by atoms with Crippen LogP contribution in [0, 0.1) is 0 Å². The second-order valence-corrected chi connectivity index (χ2v) is 6.77. The third-order valence-electron chi connectivity index (χ3n) is 3.43. The third-order valence-corrected chi connectivity index (χ3v) is 3.91. The standard InChI is InChI=1S/C19H16O3S/c1-23(20,21)22-19-14-8-7-13-18(19)17-12-6-5-11-16(17)15-9-3-2-4-10-15/h2-14H,1H3. The van der Waals surface area contributed by atoms with Gasteiger partial charge in [0.25, 0.3) is 0 Å². The Labute approximate surface area is 136 Å². The first-order chi connectivity index (χ1) is 11.0. The topological polar surface area (TPSA) is 43.4 Å². The zero-order chi connectivity index (χ0) is 16.3. The lowest BCUT2D eigenvalue weighted by Crippen LogP contribution is -2.06. The lowest BCUT2D eigenvalue weighted by atomic mass is 9.94. The molecule has 3 nitrogen and oxygen atoms in total. The minimum absolute atomic E-state index is 0.332. The molecule has 0 aliphatic carbocycles. The van der Waals surface area contributed by atoms with Crippen molar-refractivity contribution in [2.45, 2.75) is 0 Å². The molecule has 0 fully saturated rings. The van der Waals surface area contributed by atoms with Crippen molar-refractivity contribution in [1.29, 1.82) is 0 Å². The molecule has 116 valence electrons. The Morgan fingerprint density at radius 1 is 0.652 bits per heavy atom. The first-order valence-corrected chi connectivity index (χ1v) is 8.99. The predicted octanol–water partition coefficient (Wildman–Crippen LogP) is 4.36. The highest BCUT2D eigenvalue weighted by Crippen LogP contribution is 2.37. The Kier molecular flexibility index (Phi) is 4.17. The predicted molar refractivity (Wildman–Crippen MR) is 92.8 cm³/mol. The van der Waals surface area contributed by atoms with E-state index >= 15 is 0 Å². The Morgan fingerprint density at radius 3 is 1.83 bits per heavy atom. The summed E-state index contributed by atoms with van der Waals surface area (Å²) in [6, 6.07) is 25.0. The molecule has 3 aromatic rings. The van der Waals surface area contributed by atoms with E-state index in [-0.39, 0.29) is 0 Å². The maximum atomic E-state index is 11.5. The Bertz CT molecular complexity index is 916. The Balaban J connectivity index is 2.18. The summed E-state index contributed by atoms with van der Waals surface area (Å²) >= 11 is 0. The van der Waals surface area contributed by atoms with Crippen LogP contribution in [0.5, 0.6) is 5.75 Å². The average molecular weight is 324 g/mol. The van der Waals surface area contributed by atoms with Gasteiger partial charge in [0.15, 0.2) is 0 Å². The van der Waals surface area contributed by atoms with Crippen molar-refractivity contribution in [3.8, 4) is 28.0 Å². The smallest absolute Gasteiger partial charge is 0.306 e. The molecule has 3 aromatic carbocycles. The van der Waals surface area contributed by atoms with Crippen LogP contribution >= 0.6 is 0 Å². The Hall–Kier alpha value is -2.59. The molecule has 23 heavy (non-hydrogen) atoms. The first kappa shape index (κ1) is 15.3. The molecule has 0 radical (unpaired) electrons. The van der Waals surface area contributed by atoms with E-state index in [1.54, 1.807) is 12.1 Å². The van der Waals surface area contributed by atoms with Gasteiger partial charge in [-0.05, 0) is 22.8 Å². The van der Waals surface area contributed by atoms with E-state index in [0.29, 0.717) is 5.75 Å². The van der Waals surface area contributed by atoms with Crippen LogP contribution in [0.3, 0.4) is 0 Å². The highest BCUT2D eigenvalue weighted by molar-refractivity contribution is 7.86. The highest BCUT2D eigenvalue weighted by atomic mass is 32.2. The van der Waals surface area contributed by atoms with Gasteiger partial charge in [-0.1, -0.05) is 72.8 Å². The van der Waals surface area contributed by atoms with E-state index in [9.17, 15) is 8.42 Å². The molecule has 0 N–H and O–H groups in total. The molecular weight excluding hydrogens is 308 g/mol. The van der Waals surface area contributed by atoms with Crippen LogP contribution in [0.1, 0.15) is 0 Å². The van der Waals surface area contributed by atoms with Crippen LogP contribution in [0.2, 0.25) is 0 Å². The first-order valence-electron chi connectivity index (χ1n) is 7.18. The fraction of sp³-hybridized carbons (Fsp3) is 0.0526. The molecule has 0 bridgehead atoms. The van der Waals surface area contributed by atoms with E-state index in [0.717, 1.165) is 28.5 Å². The molecule has 3 rings (SSSR count). The number of benzene rings is 3. The van der Waals surface area contributed by atoms with Gasteiger partial charge < -0.3 is 4.18 Å².